The Balaban J connectivity index is 1.98. The second-order valence-electron chi connectivity index (χ2n) is 6.16. The molecule has 2 rings (SSSR count). The first-order chi connectivity index (χ1) is 13.2. The lowest BCUT2D eigenvalue weighted by Gasteiger charge is -2.40. The minimum atomic E-state index is -4.13. The molecule has 4 N–H and O–H groups in total. The Bertz CT molecular complexity index is 780. The van der Waals surface area contributed by atoms with E-state index in [4.69, 9.17) is 8.92 Å². The van der Waals surface area contributed by atoms with E-state index in [1.165, 1.54) is 18.2 Å². The number of hydrogen-bond acceptors (Lipinski definition) is 9. The maximum atomic E-state index is 12.2. The standard InChI is InChI=1S/C17H23NO9S/c1-3-8-25-17(22)18-13-15(20)14(19)12(27-16(13)21)9-26-28(23,24)11-6-4-10(2)5-7-11/h3-7,12-16,19-21H,1,8-9H2,2H3,(H,18,22)/t12-,13-,14-,15-,16+/m1/s1. The van der Waals surface area contributed by atoms with E-state index in [2.05, 4.69) is 16.6 Å². The molecule has 1 aromatic rings. The molecule has 156 valence electrons. The zero-order chi connectivity index (χ0) is 20.9. The Morgan fingerprint density at radius 1 is 1.25 bits per heavy atom. The van der Waals surface area contributed by atoms with Crippen molar-refractivity contribution in [1.82, 2.24) is 5.32 Å². The first kappa shape index (κ1) is 22.3. The molecule has 1 amide bonds. The maximum absolute atomic E-state index is 12.2. The summed E-state index contributed by atoms with van der Waals surface area (Å²) >= 11 is 0. The number of carbonyl (C=O) groups excluding carboxylic acids is 1. The lowest BCUT2D eigenvalue weighted by Crippen LogP contribution is -2.64. The molecule has 1 aliphatic rings. The topological polar surface area (TPSA) is 152 Å². The van der Waals surface area contributed by atoms with Crippen LogP contribution in [-0.2, 0) is 23.8 Å². The summed E-state index contributed by atoms with van der Waals surface area (Å²) in [7, 11) is -4.13. The molecule has 11 heteroatoms. The molecule has 5 atom stereocenters. The number of benzene rings is 1. The van der Waals surface area contributed by atoms with E-state index in [0.717, 1.165) is 5.56 Å². The molecule has 1 heterocycles. The molecule has 0 saturated carbocycles. The minimum absolute atomic E-state index is 0.0889. The van der Waals surface area contributed by atoms with E-state index in [1.54, 1.807) is 19.1 Å². The van der Waals surface area contributed by atoms with E-state index in [1.807, 2.05) is 0 Å². The summed E-state index contributed by atoms with van der Waals surface area (Å²) in [5, 5.41) is 32.4. The Kier molecular flexibility index (Phi) is 7.52. The van der Waals surface area contributed by atoms with Crippen LogP contribution >= 0.6 is 0 Å². The van der Waals surface area contributed by atoms with Gasteiger partial charge in [0, 0.05) is 0 Å². The van der Waals surface area contributed by atoms with Gasteiger partial charge in [0.05, 0.1) is 11.5 Å². The van der Waals surface area contributed by atoms with E-state index in [9.17, 15) is 28.5 Å². The largest absolute Gasteiger partial charge is 0.445 e. The van der Waals surface area contributed by atoms with Gasteiger partial charge in [-0.15, -0.1) is 0 Å². The number of aliphatic hydroxyl groups excluding tert-OH is 3. The lowest BCUT2D eigenvalue weighted by molar-refractivity contribution is -0.251. The highest BCUT2D eigenvalue weighted by molar-refractivity contribution is 7.86. The molecule has 0 radical (unpaired) electrons. The van der Waals surface area contributed by atoms with Crippen molar-refractivity contribution in [2.75, 3.05) is 13.2 Å². The molecule has 1 aliphatic heterocycles. The van der Waals surface area contributed by atoms with Gasteiger partial charge < -0.3 is 30.1 Å². The van der Waals surface area contributed by atoms with Gasteiger partial charge in [0.25, 0.3) is 10.1 Å². The van der Waals surface area contributed by atoms with Crippen molar-refractivity contribution in [1.29, 1.82) is 0 Å². The van der Waals surface area contributed by atoms with Gasteiger partial charge in [-0.2, -0.15) is 8.42 Å². The van der Waals surface area contributed by atoms with E-state index in [-0.39, 0.29) is 11.5 Å². The third-order valence-corrected chi connectivity index (χ3v) is 5.33. The number of amides is 1. The zero-order valence-electron chi connectivity index (χ0n) is 15.1. The monoisotopic (exact) mass is 417 g/mol. The molecule has 1 fully saturated rings. The van der Waals surface area contributed by atoms with Gasteiger partial charge in [-0.05, 0) is 19.1 Å². The third-order valence-electron chi connectivity index (χ3n) is 4.03. The summed E-state index contributed by atoms with van der Waals surface area (Å²) in [5.74, 6) is 0. The lowest BCUT2D eigenvalue weighted by atomic mass is 9.97. The predicted molar refractivity (Wildman–Crippen MR) is 95.7 cm³/mol. The molecule has 1 aromatic carbocycles. The van der Waals surface area contributed by atoms with Crippen molar-refractivity contribution in [2.45, 2.75) is 42.5 Å². The zero-order valence-corrected chi connectivity index (χ0v) is 15.9. The third kappa shape index (κ3) is 5.50. The van der Waals surface area contributed by atoms with Gasteiger partial charge in [0.1, 0.15) is 31.0 Å². The molecule has 10 nitrogen and oxygen atoms in total. The number of alkyl carbamates (subject to hydrolysis) is 1. The summed E-state index contributed by atoms with van der Waals surface area (Å²) < 4.78 is 39.0. The number of nitrogens with one attached hydrogen (secondary N) is 1. The summed E-state index contributed by atoms with van der Waals surface area (Å²) in [4.78, 5) is 11.5. The molecule has 0 bridgehead atoms. The fraction of sp³-hybridized carbons (Fsp3) is 0.471. The predicted octanol–water partition coefficient (Wildman–Crippen LogP) is -0.580. The molecule has 0 aliphatic carbocycles. The number of aryl methyl sites for hydroxylation is 1. The first-order valence-corrected chi connectivity index (χ1v) is 9.76. The van der Waals surface area contributed by atoms with Crippen molar-refractivity contribution >= 4 is 16.2 Å². The van der Waals surface area contributed by atoms with Gasteiger partial charge in [-0.1, -0.05) is 30.4 Å². The normalized spacial score (nSPS) is 27.8. The molecule has 0 spiro atoms. The molecule has 1 saturated heterocycles. The maximum Gasteiger partial charge on any atom is 0.407 e. The average Bonchev–Trinajstić information content (AvgIpc) is 2.65. The van der Waals surface area contributed by atoms with Gasteiger partial charge in [-0.3, -0.25) is 4.18 Å². The number of ether oxygens (including phenoxy) is 2. The van der Waals surface area contributed by atoms with Gasteiger partial charge in [0.15, 0.2) is 6.29 Å². The van der Waals surface area contributed by atoms with Crippen molar-refractivity contribution in [3.8, 4) is 0 Å². The Labute approximate surface area is 162 Å². The van der Waals surface area contributed by atoms with Crippen LogP contribution in [0, 0.1) is 6.92 Å². The van der Waals surface area contributed by atoms with Crippen molar-refractivity contribution in [3.63, 3.8) is 0 Å². The number of carbonyl (C=O) groups is 1. The van der Waals surface area contributed by atoms with E-state index >= 15 is 0 Å². The van der Waals surface area contributed by atoms with Crippen LogP contribution in [0.15, 0.2) is 41.8 Å². The SMILES string of the molecule is C=CCOC(=O)N[C@@H]1[C@@H](O)[C@H](O)[C@@H](COS(=O)(=O)c2ccc(C)cc2)O[C@@H]1O. The number of aliphatic hydroxyl groups is 3. The van der Waals surface area contributed by atoms with Crippen LogP contribution in [0.1, 0.15) is 5.56 Å². The van der Waals surface area contributed by atoms with Crippen LogP contribution in [0.25, 0.3) is 0 Å². The highest BCUT2D eigenvalue weighted by atomic mass is 32.2. The quantitative estimate of drug-likeness (QED) is 0.337. The van der Waals surface area contributed by atoms with Crippen LogP contribution in [-0.4, -0.2) is 73.7 Å². The van der Waals surface area contributed by atoms with Crippen LogP contribution < -0.4 is 5.32 Å². The number of hydrogen-bond donors (Lipinski definition) is 4. The Morgan fingerprint density at radius 3 is 2.50 bits per heavy atom. The van der Waals surface area contributed by atoms with Gasteiger partial charge in [-0.25, -0.2) is 4.79 Å². The second kappa shape index (κ2) is 9.45. The summed E-state index contributed by atoms with van der Waals surface area (Å²) in [6.45, 7) is 4.41. The smallest absolute Gasteiger partial charge is 0.407 e. The van der Waals surface area contributed by atoms with Crippen LogP contribution in [0.5, 0.6) is 0 Å². The van der Waals surface area contributed by atoms with Gasteiger partial charge >= 0.3 is 6.09 Å². The highest BCUT2D eigenvalue weighted by Gasteiger charge is 2.45. The molecule has 0 aromatic heterocycles. The van der Waals surface area contributed by atoms with E-state index in [0.29, 0.717) is 0 Å². The molecular weight excluding hydrogens is 394 g/mol. The first-order valence-electron chi connectivity index (χ1n) is 8.35. The molecule has 28 heavy (non-hydrogen) atoms. The van der Waals surface area contributed by atoms with Crippen molar-refractivity contribution < 1.29 is 42.2 Å². The van der Waals surface area contributed by atoms with Crippen LogP contribution in [0.2, 0.25) is 0 Å². The van der Waals surface area contributed by atoms with Crippen LogP contribution in [0.4, 0.5) is 4.79 Å². The summed E-state index contributed by atoms with van der Waals surface area (Å²) in [6, 6.07) is 4.52. The Hall–Kier alpha value is -2.02. The van der Waals surface area contributed by atoms with Crippen molar-refractivity contribution in [2.24, 2.45) is 0 Å². The molecule has 0 unspecified atom stereocenters. The fourth-order valence-electron chi connectivity index (χ4n) is 2.48. The highest BCUT2D eigenvalue weighted by Crippen LogP contribution is 2.22. The van der Waals surface area contributed by atoms with E-state index < -0.39 is 53.5 Å². The summed E-state index contributed by atoms with van der Waals surface area (Å²) in [6.07, 6.45) is -6.02. The second-order valence-corrected chi connectivity index (χ2v) is 7.77. The fourth-order valence-corrected chi connectivity index (χ4v) is 3.40. The summed E-state index contributed by atoms with van der Waals surface area (Å²) in [5.41, 5.74) is 0.862. The average molecular weight is 417 g/mol. The Morgan fingerprint density at radius 2 is 1.89 bits per heavy atom. The number of rotatable bonds is 7. The minimum Gasteiger partial charge on any atom is -0.445 e. The van der Waals surface area contributed by atoms with Crippen LogP contribution in [0.3, 0.4) is 0 Å². The van der Waals surface area contributed by atoms with Gasteiger partial charge in [0.2, 0.25) is 0 Å². The van der Waals surface area contributed by atoms with Crippen molar-refractivity contribution in [3.05, 3.63) is 42.5 Å². The molecular formula is C17H23NO9S.